The Morgan fingerprint density at radius 2 is 1.77 bits per heavy atom. The van der Waals surface area contributed by atoms with Crippen LogP contribution in [0, 0.1) is 0 Å². The summed E-state index contributed by atoms with van der Waals surface area (Å²) in [6, 6.07) is 8.80. The quantitative estimate of drug-likeness (QED) is 0.698. The van der Waals surface area contributed by atoms with Gasteiger partial charge in [0, 0.05) is 36.8 Å². The molecule has 0 saturated heterocycles. The van der Waals surface area contributed by atoms with Crippen LogP contribution >= 0.6 is 0 Å². The summed E-state index contributed by atoms with van der Waals surface area (Å²) in [5.74, 6) is 1.16. The van der Waals surface area contributed by atoms with E-state index in [9.17, 15) is 0 Å². The summed E-state index contributed by atoms with van der Waals surface area (Å²) in [7, 11) is 2.16. The Bertz CT molecular complexity index is 689. The minimum atomic E-state index is 0.166. The number of benzene rings is 1. The fourth-order valence-electron chi connectivity index (χ4n) is 2.58. The van der Waals surface area contributed by atoms with E-state index in [1.807, 2.05) is 6.20 Å². The van der Waals surface area contributed by atoms with Gasteiger partial charge in [0.15, 0.2) is 0 Å². The second kappa shape index (κ2) is 8.99. The molecule has 0 spiro atoms. The number of nitrogens with zero attached hydrogens (tertiary/aromatic N) is 3. The molecule has 0 saturated carbocycles. The predicted octanol–water partition coefficient (Wildman–Crippen LogP) is 4.09. The molecule has 5 nitrogen and oxygen atoms in total. The molecule has 0 amide bonds. The van der Waals surface area contributed by atoms with Crippen molar-refractivity contribution >= 4 is 11.8 Å². The minimum Gasteiger partial charge on any atom is -0.370 e. The van der Waals surface area contributed by atoms with Crippen LogP contribution in [0.25, 0.3) is 0 Å². The largest absolute Gasteiger partial charge is 0.370 e. The first-order valence-corrected chi connectivity index (χ1v) is 9.44. The minimum absolute atomic E-state index is 0.166. The molecular weight excluding hydrogens is 322 g/mol. The molecule has 2 aromatic rings. The van der Waals surface area contributed by atoms with Crippen LogP contribution in [0.2, 0.25) is 0 Å². The zero-order valence-corrected chi connectivity index (χ0v) is 16.8. The van der Waals surface area contributed by atoms with Gasteiger partial charge in [-0.1, -0.05) is 37.6 Å². The first kappa shape index (κ1) is 20.2. The van der Waals surface area contributed by atoms with Crippen LogP contribution in [0.4, 0.5) is 11.8 Å². The summed E-state index contributed by atoms with van der Waals surface area (Å²) < 4.78 is 0. The van der Waals surface area contributed by atoms with Gasteiger partial charge >= 0.3 is 0 Å². The SMILES string of the molecule is CCCCNc1nc(N)ncc1Cc1ccc(CN(C)C(C)(C)C)cc1. The Balaban J connectivity index is 2.06. The smallest absolute Gasteiger partial charge is 0.221 e. The fourth-order valence-corrected chi connectivity index (χ4v) is 2.58. The molecule has 1 heterocycles. The van der Waals surface area contributed by atoms with E-state index in [2.05, 4.69) is 79.2 Å². The summed E-state index contributed by atoms with van der Waals surface area (Å²) in [5.41, 5.74) is 9.57. The molecule has 0 fully saturated rings. The Morgan fingerprint density at radius 3 is 2.38 bits per heavy atom. The Labute approximate surface area is 158 Å². The standard InChI is InChI=1S/C21H33N5/c1-6-7-12-23-19-18(14-24-20(22)25-19)13-16-8-10-17(11-9-16)15-26(5)21(2,3)4/h8-11,14H,6-7,12-13,15H2,1-5H3,(H3,22,23,24,25). The van der Waals surface area contributed by atoms with E-state index < -0.39 is 0 Å². The molecule has 1 aromatic heterocycles. The molecule has 0 radical (unpaired) electrons. The summed E-state index contributed by atoms with van der Waals surface area (Å²) in [6.45, 7) is 10.7. The number of hydrogen-bond acceptors (Lipinski definition) is 5. The van der Waals surface area contributed by atoms with Crippen LogP contribution in [-0.2, 0) is 13.0 Å². The van der Waals surface area contributed by atoms with Gasteiger partial charge in [-0.25, -0.2) is 4.98 Å². The topological polar surface area (TPSA) is 67.1 Å². The molecule has 0 atom stereocenters. The lowest BCUT2D eigenvalue weighted by Crippen LogP contribution is -2.37. The number of aromatic nitrogens is 2. The van der Waals surface area contributed by atoms with Gasteiger partial charge in [0.1, 0.15) is 5.82 Å². The summed E-state index contributed by atoms with van der Waals surface area (Å²) in [6.07, 6.45) is 4.88. The monoisotopic (exact) mass is 355 g/mol. The van der Waals surface area contributed by atoms with E-state index in [4.69, 9.17) is 5.73 Å². The molecule has 142 valence electrons. The lowest BCUT2D eigenvalue weighted by Gasteiger charge is -2.31. The van der Waals surface area contributed by atoms with Gasteiger partial charge in [-0.15, -0.1) is 0 Å². The van der Waals surface area contributed by atoms with Crippen LogP contribution in [0.3, 0.4) is 0 Å². The molecular formula is C21H33N5. The van der Waals surface area contributed by atoms with E-state index in [1.165, 1.54) is 11.1 Å². The van der Waals surface area contributed by atoms with Crippen LogP contribution in [-0.4, -0.2) is 34.0 Å². The van der Waals surface area contributed by atoms with Crippen molar-refractivity contribution in [3.05, 3.63) is 47.2 Å². The van der Waals surface area contributed by atoms with Crippen LogP contribution in [0.1, 0.15) is 57.2 Å². The van der Waals surface area contributed by atoms with Gasteiger partial charge in [-0.2, -0.15) is 4.98 Å². The number of rotatable bonds is 8. The lowest BCUT2D eigenvalue weighted by molar-refractivity contribution is 0.167. The molecule has 1 aromatic carbocycles. The number of nitrogens with one attached hydrogen (secondary N) is 1. The van der Waals surface area contributed by atoms with E-state index in [0.29, 0.717) is 5.95 Å². The van der Waals surface area contributed by atoms with Gasteiger partial charge in [-0.05, 0) is 45.4 Å². The van der Waals surface area contributed by atoms with Crippen molar-refractivity contribution in [1.29, 1.82) is 0 Å². The third-order valence-electron chi connectivity index (χ3n) is 4.69. The van der Waals surface area contributed by atoms with Gasteiger partial charge in [0.05, 0.1) is 0 Å². The van der Waals surface area contributed by atoms with E-state index in [0.717, 1.165) is 43.7 Å². The zero-order valence-electron chi connectivity index (χ0n) is 16.8. The molecule has 0 aliphatic rings. The number of nitrogen functional groups attached to an aromatic ring is 1. The molecule has 5 heteroatoms. The third kappa shape index (κ3) is 5.99. The fraction of sp³-hybridized carbons (Fsp3) is 0.524. The van der Waals surface area contributed by atoms with Crippen molar-refractivity contribution in [3.63, 3.8) is 0 Å². The van der Waals surface area contributed by atoms with Crippen molar-refractivity contribution in [2.75, 3.05) is 24.6 Å². The summed E-state index contributed by atoms with van der Waals surface area (Å²) in [4.78, 5) is 10.9. The molecule has 26 heavy (non-hydrogen) atoms. The van der Waals surface area contributed by atoms with E-state index in [-0.39, 0.29) is 5.54 Å². The van der Waals surface area contributed by atoms with Gasteiger partial charge in [0.25, 0.3) is 0 Å². The highest BCUT2D eigenvalue weighted by atomic mass is 15.1. The number of anilines is 2. The summed E-state index contributed by atoms with van der Waals surface area (Å²) in [5, 5.41) is 3.39. The van der Waals surface area contributed by atoms with Crippen molar-refractivity contribution in [1.82, 2.24) is 14.9 Å². The van der Waals surface area contributed by atoms with Gasteiger partial charge in [0.2, 0.25) is 5.95 Å². The summed E-state index contributed by atoms with van der Waals surface area (Å²) >= 11 is 0. The Kier molecular flexibility index (Phi) is 6.98. The lowest BCUT2D eigenvalue weighted by atomic mass is 10.0. The van der Waals surface area contributed by atoms with Gasteiger partial charge in [-0.3, -0.25) is 4.90 Å². The van der Waals surface area contributed by atoms with Crippen molar-refractivity contribution in [2.24, 2.45) is 0 Å². The average molecular weight is 356 g/mol. The van der Waals surface area contributed by atoms with Crippen LogP contribution < -0.4 is 11.1 Å². The zero-order chi connectivity index (χ0) is 19.2. The van der Waals surface area contributed by atoms with Crippen molar-refractivity contribution < 1.29 is 0 Å². The highest BCUT2D eigenvalue weighted by Gasteiger charge is 2.16. The van der Waals surface area contributed by atoms with Crippen LogP contribution in [0.5, 0.6) is 0 Å². The maximum Gasteiger partial charge on any atom is 0.221 e. The molecule has 0 aliphatic heterocycles. The second-order valence-corrected chi connectivity index (χ2v) is 7.90. The van der Waals surface area contributed by atoms with Crippen LogP contribution in [0.15, 0.2) is 30.5 Å². The van der Waals surface area contributed by atoms with Crippen molar-refractivity contribution in [3.8, 4) is 0 Å². The highest BCUT2D eigenvalue weighted by Crippen LogP contribution is 2.19. The Morgan fingerprint density at radius 1 is 1.12 bits per heavy atom. The molecule has 3 N–H and O–H groups in total. The highest BCUT2D eigenvalue weighted by molar-refractivity contribution is 5.48. The maximum atomic E-state index is 5.76. The maximum absolute atomic E-state index is 5.76. The number of hydrogen-bond donors (Lipinski definition) is 2. The number of nitrogens with two attached hydrogens (primary N) is 1. The van der Waals surface area contributed by atoms with Crippen molar-refractivity contribution in [2.45, 2.75) is 59.0 Å². The normalized spacial score (nSPS) is 11.8. The van der Waals surface area contributed by atoms with E-state index >= 15 is 0 Å². The number of unbranched alkanes of at least 4 members (excludes halogenated alkanes) is 1. The first-order valence-electron chi connectivity index (χ1n) is 9.44. The molecule has 0 bridgehead atoms. The average Bonchev–Trinajstić information content (AvgIpc) is 2.58. The third-order valence-corrected chi connectivity index (χ3v) is 4.69. The molecule has 0 aliphatic carbocycles. The predicted molar refractivity (Wildman–Crippen MR) is 110 cm³/mol. The Hall–Kier alpha value is -2.14. The van der Waals surface area contributed by atoms with E-state index in [1.54, 1.807) is 0 Å². The second-order valence-electron chi connectivity index (χ2n) is 7.90. The van der Waals surface area contributed by atoms with Gasteiger partial charge < -0.3 is 11.1 Å². The first-order chi connectivity index (χ1) is 12.3. The molecule has 0 unspecified atom stereocenters. The molecule has 2 rings (SSSR count).